The maximum atomic E-state index is 12.7. The predicted octanol–water partition coefficient (Wildman–Crippen LogP) is 3.20. The van der Waals surface area contributed by atoms with Crippen LogP contribution in [0.25, 0.3) is 11.0 Å². The van der Waals surface area contributed by atoms with Gasteiger partial charge in [0, 0.05) is 17.3 Å². The molecule has 3 aromatic rings. The first-order valence-corrected chi connectivity index (χ1v) is 8.11. The Morgan fingerprint density at radius 2 is 1.67 bits per heavy atom. The van der Waals surface area contributed by atoms with Crippen LogP contribution in [0.5, 0.6) is 0 Å². The summed E-state index contributed by atoms with van der Waals surface area (Å²) in [7, 11) is -3.61. The zero-order valence-electron chi connectivity index (χ0n) is 12.2. The van der Waals surface area contributed by atoms with E-state index in [2.05, 4.69) is 4.98 Å². The van der Waals surface area contributed by atoms with Crippen LogP contribution < -0.4 is 0 Å². The fraction of sp³-hybridized carbons (Fsp3) is 0.188. The minimum atomic E-state index is -3.61. The van der Waals surface area contributed by atoms with Crippen molar-refractivity contribution in [2.24, 2.45) is 0 Å². The molecule has 4 nitrogen and oxygen atoms in total. The molecule has 0 saturated carbocycles. The normalized spacial score (nSPS) is 12.0. The Labute approximate surface area is 124 Å². The number of pyridine rings is 1. The van der Waals surface area contributed by atoms with Crippen LogP contribution in [0.15, 0.2) is 47.5 Å². The highest BCUT2D eigenvalue weighted by Gasteiger charge is 2.19. The number of nitrogens with zero attached hydrogens (tertiary/aromatic N) is 2. The molecule has 0 atom stereocenters. The van der Waals surface area contributed by atoms with Crippen molar-refractivity contribution in [1.29, 1.82) is 0 Å². The molecule has 108 valence electrons. The topological polar surface area (TPSA) is 52.0 Å². The smallest absolute Gasteiger partial charge is 0.234 e. The van der Waals surface area contributed by atoms with Gasteiger partial charge in [0.25, 0.3) is 10.0 Å². The van der Waals surface area contributed by atoms with Gasteiger partial charge in [-0.2, -0.15) is 0 Å². The third kappa shape index (κ3) is 2.23. The molecule has 0 bridgehead atoms. The van der Waals surface area contributed by atoms with Crippen molar-refractivity contribution in [3.05, 3.63) is 59.4 Å². The lowest BCUT2D eigenvalue weighted by Crippen LogP contribution is -2.12. The summed E-state index contributed by atoms with van der Waals surface area (Å²) in [6.45, 7) is 5.77. The second kappa shape index (κ2) is 4.70. The largest absolute Gasteiger partial charge is 0.269 e. The maximum Gasteiger partial charge on any atom is 0.269 e. The number of hydrogen-bond acceptors (Lipinski definition) is 3. The van der Waals surface area contributed by atoms with Gasteiger partial charge in [0.15, 0.2) is 5.65 Å². The third-order valence-electron chi connectivity index (χ3n) is 3.65. The van der Waals surface area contributed by atoms with Crippen molar-refractivity contribution in [3.8, 4) is 0 Å². The van der Waals surface area contributed by atoms with Crippen molar-refractivity contribution in [1.82, 2.24) is 8.96 Å². The molecular formula is C16H16N2O2S. The van der Waals surface area contributed by atoms with Crippen LogP contribution in [0.2, 0.25) is 0 Å². The Bertz CT molecular complexity index is 923. The van der Waals surface area contributed by atoms with Gasteiger partial charge in [0.05, 0.1) is 4.90 Å². The molecule has 0 spiro atoms. The molecule has 0 aliphatic heterocycles. The van der Waals surface area contributed by atoms with Gasteiger partial charge in [-0.3, -0.25) is 0 Å². The van der Waals surface area contributed by atoms with Crippen molar-refractivity contribution < 1.29 is 8.42 Å². The summed E-state index contributed by atoms with van der Waals surface area (Å²) in [5.41, 5.74) is 3.38. The molecule has 21 heavy (non-hydrogen) atoms. The van der Waals surface area contributed by atoms with Crippen LogP contribution in [0.1, 0.15) is 16.8 Å². The van der Waals surface area contributed by atoms with Gasteiger partial charge in [0.2, 0.25) is 0 Å². The predicted molar refractivity (Wildman–Crippen MR) is 83.0 cm³/mol. The Balaban J connectivity index is 2.24. The zero-order valence-corrected chi connectivity index (χ0v) is 13.0. The summed E-state index contributed by atoms with van der Waals surface area (Å²) in [6.07, 6.45) is 1.56. The SMILES string of the molecule is Cc1ccc(S(=O)(=O)n2ccc3cc(C)c(C)nc32)cc1. The van der Waals surface area contributed by atoms with Gasteiger partial charge in [-0.15, -0.1) is 0 Å². The minimum Gasteiger partial charge on any atom is -0.234 e. The summed E-state index contributed by atoms with van der Waals surface area (Å²) in [5, 5.41) is 0.828. The van der Waals surface area contributed by atoms with E-state index in [-0.39, 0.29) is 4.90 Å². The van der Waals surface area contributed by atoms with Gasteiger partial charge in [0.1, 0.15) is 0 Å². The van der Waals surface area contributed by atoms with Gasteiger partial charge >= 0.3 is 0 Å². The molecule has 5 heteroatoms. The zero-order chi connectivity index (χ0) is 15.2. The molecule has 2 aromatic heterocycles. The quantitative estimate of drug-likeness (QED) is 0.730. The lowest BCUT2D eigenvalue weighted by Gasteiger charge is -2.08. The molecule has 3 rings (SSSR count). The molecule has 0 N–H and O–H groups in total. The highest BCUT2D eigenvalue weighted by molar-refractivity contribution is 7.90. The first-order valence-electron chi connectivity index (χ1n) is 6.67. The lowest BCUT2D eigenvalue weighted by molar-refractivity contribution is 0.588. The number of aromatic nitrogens is 2. The Morgan fingerprint density at radius 3 is 2.33 bits per heavy atom. The fourth-order valence-corrected chi connectivity index (χ4v) is 3.55. The maximum absolute atomic E-state index is 12.7. The number of hydrogen-bond donors (Lipinski definition) is 0. The number of fused-ring (bicyclic) bond motifs is 1. The molecule has 2 heterocycles. The molecule has 0 saturated heterocycles. The minimum absolute atomic E-state index is 0.269. The molecule has 0 aliphatic carbocycles. The van der Waals surface area contributed by atoms with E-state index in [1.165, 1.54) is 3.97 Å². The van der Waals surface area contributed by atoms with Crippen LogP contribution in [-0.4, -0.2) is 17.4 Å². The second-order valence-corrected chi connectivity index (χ2v) is 7.05. The lowest BCUT2D eigenvalue weighted by atomic mass is 10.2. The van der Waals surface area contributed by atoms with E-state index < -0.39 is 10.0 Å². The third-order valence-corrected chi connectivity index (χ3v) is 5.33. The monoisotopic (exact) mass is 300 g/mol. The van der Waals surface area contributed by atoms with Crippen LogP contribution in [-0.2, 0) is 10.0 Å². The van der Waals surface area contributed by atoms with Crippen LogP contribution in [0, 0.1) is 20.8 Å². The average Bonchev–Trinajstić information content (AvgIpc) is 2.83. The molecule has 0 fully saturated rings. The summed E-state index contributed by atoms with van der Waals surface area (Å²) in [6, 6.07) is 10.6. The van der Waals surface area contributed by atoms with E-state index in [1.807, 2.05) is 26.8 Å². The molecule has 1 aromatic carbocycles. The van der Waals surface area contributed by atoms with Crippen LogP contribution in [0.3, 0.4) is 0 Å². The van der Waals surface area contributed by atoms with E-state index in [0.29, 0.717) is 5.65 Å². The van der Waals surface area contributed by atoms with Crippen molar-refractivity contribution in [2.75, 3.05) is 0 Å². The molecular weight excluding hydrogens is 284 g/mol. The number of aryl methyl sites for hydroxylation is 3. The van der Waals surface area contributed by atoms with Gasteiger partial charge < -0.3 is 0 Å². The van der Waals surface area contributed by atoms with Crippen LogP contribution in [0.4, 0.5) is 0 Å². The Hall–Kier alpha value is -2.14. The van der Waals surface area contributed by atoms with Crippen molar-refractivity contribution in [2.45, 2.75) is 25.7 Å². The van der Waals surface area contributed by atoms with Gasteiger partial charge in [-0.1, -0.05) is 17.7 Å². The fourth-order valence-electron chi connectivity index (χ4n) is 2.25. The summed E-state index contributed by atoms with van der Waals surface area (Å²) in [5.74, 6) is 0. The summed E-state index contributed by atoms with van der Waals surface area (Å²) in [4.78, 5) is 4.70. The summed E-state index contributed by atoms with van der Waals surface area (Å²) >= 11 is 0. The van der Waals surface area contributed by atoms with Crippen molar-refractivity contribution in [3.63, 3.8) is 0 Å². The Kier molecular flexibility index (Phi) is 3.10. The molecule has 0 radical (unpaired) electrons. The first-order chi connectivity index (χ1) is 9.89. The molecule has 0 aliphatic rings. The molecule has 0 amide bonds. The van der Waals surface area contributed by atoms with Gasteiger partial charge in [-0.05, 0) is 50.6 Å². The second-order valence-electron chi connectivity index (χ2n) is 5.23. The Morgan fingerprint density at radius 1 is 1.00 bits per heavy atom. The number of benzene rings is 1. The standard InChI is InChI=1S/C16H16N2O2S/c1-11-4-6-15(7-5-11)21(19,20)18-9-8-14-10-12(2)13(3)17-16(14)18/h4-10H,1-3H3. The summed E-state index contributed by atoms with van der Waals surface area (Å²) < 4.78 is 26.7. The van der Waals surface area contributed by atoms with E-state index in [9.17, 15) is 8.42 Å². The molecule has 0 unspecified atom stereocenters. The van der Waals surface area contributed by atoms with E-state index in [1.54, 1.807) is 36.5 Å². The average molecular weight is 300 g/mol. The van der Waals surface area contributed by atoms with Gasteiger partial charge in [-0.25, -0.2) is 17.4 Å². The number of rotatable bonds is 2. The van der Waals surface area contributed by atoms with E-state index >= 15 is 0 Å². The van der Waals surface area contributed by atoms with E-state index in [0.717, 1.165) is 22.2 Å². The highest BCUT2D eigenvalue weighted by Crippen LogP contribution is 2.22. The van der Waals surface area contributed by atoms with Crippen molar-refractivity contribution >= 4 is 21.1 Å². The highest BCUT2D eigenvalue weighted by atomic mass is 32.2. The first kappa shape index (κ1) is 13.8. The van der Waals surface area contributed by atoms with E-state index in [4.69, 9.17) is 0 Å². The van der Waals surface area contributed by atoms with Crippen LogP contribution >= 0.6 is 0 Å².